The van der Waals surface area contributed by atoms with Crippen LogP contribution in [0, 0.1) is 0 Å². The predicted molar refractivity (Wildman–Crippen MR) is 85.6 cm³/mol. The molecule has 4 heteroatoms. The van der Waals surface area contributed by atoms with E-state index in [0.29, 0.717) is 6.54 Å². The number of amides is 1. The van der Waals surface area contributed by atoms with Crippen LogP contribution in [0.2, 0.25) is 0 Å². The molecule has 1 atom stereocenters. The lowest BCUT2D eigenvalue weighted by molar-refractivity contribution is -0.123. The van der Waals surface area contributed by atoms with Crippen molar-refractivity contribution in [3.63, 3.8) is 0 Å². The zero-order valence-electron chi connectivity index (χ0n) is 12.6. The normalized spacial score (nSPS) is 16.7. The molecule has 4 nitrogen and oxygen atoms in total. The molecular weight excluding hydrogens is 276 g/mol. The van der Waals surface area contributed by atoms with Gasteiger partial charge < -0.3 is 15.4 Å². The van der Waals surface area contributed by atoms with Crippen LogP contribution >= 0.6 is 0 Å². The molecular formula is C18H20N2O2. The Labute approximate surface area is 130 Å². The predicted octanol–water partition coefficient (Wildman–Crippen LogP) is 2.03. The van der Waals surface area contributed by atoms with Crippen molar-refractivity contribution in [1.29, 1.82) is 0 Å². The molecule has 22 heavy (non-hydrogen) atoms. The summed E-state index contributed by atoms with van der Waals surface area (Å²) in [6, 6.07) is 15.8. The van der Waals surface area contributed by atoms with Crippen LogP contribution in [0.1, 0.15) is 16.7 Å². The van der Waals surface area contributed by atoms with E-state index in [9.17, 15) is 4.79 Å². The lowest BCUT2D eigenvalue weighted by Crippen LogP contribution is -2.47. The van der Waals surface area contributed by atoms with Crippen LogP contribution in [-0.4, -0.2) is 19.1 Å². The Morgan fingerprint density at radius 1 is 1.18 bits per heavy atom. The van der Waals surface area contributed by atoms with Gasteiger partial charge in [-0.1, -0.05) is 42.5 Å². The molecule has 0 aliphatic carbocycles. The molecule has 2 aromatic rings. The van der Waals surface area contributed by atoms with E-state index in [1.807, 2.05) is 36.4 Å². The van der Waals surface area contributed by atoms with Gasteiger partial charge in [0, 0.05) is 18.7 Å². The Hall–Kier alpha value is -2.33. The molecule has 0 radical (unpaired) electrons. The van der Waals surface area contributed by atoms with Crippen LogP contribution < -0.4 is 15.4 Å². The van der Waals surface area contributed by atoms with Crippen molar-refractivity contribution >= 4 is 5.91 Å². The molecule has 1 aliphatic heterocycles. The largest absolute Gasteiger partial charge is 0.496 e. The van der Waals surface area contributed by atoms with Crippen molar-refractivity contribution in [3.05, 3.63) is 65.2 Å². The number of hydrogen-bond donors (Lipinski definition) is 2. The summed E-state index contributed by atoms with van der Waals surface area (Å²) in [4.78, 5) is 12.4. The molecule has 2 aromatic carbocycles. The average molecular weight is 296 g/mol. The van der Waals surface area contributed by atoms with E-state index in [1.54, 1.807) is 7.11 Å². The first-order chi connectivity index (χ1) is 10.8. The molecule has 114 valence electrons. The van der Waals surface area contributed by atoms with Crippen LogP contribution in [0.15, 0.2) is 48.5 Å². The summed E-state index contributed by atoms with van der Waals surface area (Å²) in [7, 11) is 1.64. The van der Waals surface area contributed by atoms with Crippen molar-refractivity contribution in [2.24, 2.45) is 0 Å². The third kappa shape index (κ3) is 3.12. The first kappa shape index (κ1) is 14.6. The standard InChI is InChI=1S/C18H20N2O2/c1-22-17-9-5-4-8-15(17)12-20-18(21)16-10-13-6-2-3-7-14(13)11-19-16/h2-9,16,19H,10-12H2,1H3,(H,20,21)/t16-/m0/s1. The van der Waals surface area contributed by atoms with Crippen molar-refractivity contribution in [2.75, 3.05) is 7.11 Å². The lowest BCUT2D eigenvalue weighted by Gasteiger charge is -2.25. The van der Waals surface area contributed by atoms with Crippen molar-refractivity contribution in [3.8, 4) is 5.75 Å². The van der Waals surface area contributed by atoms with Crippen LogP contribution in [0.25, 0.3) is 0 Å². The number of para-hydroxylation sites is 1. The Bertz CT molecular complexity index is 670. The number of benzene rings is 2. The minimum Gasteiger partial charge on any atom is -0.496 e. The topological polar surface area (TPSA) is 50.4 Å². The summed E-state index contributed by atoms with van der Waals surface area (Å²) in [6.45, 7) is 1.21. The van der Waals surface area contributed by atoms with E-state index in [1.165, 1.54) is 11.1 Å². The molecule has 0 bridgehead atoms. The van der Waals surface area contributed by atoms with Crippen molar-refractivity contribution < 1.29 is 9.53 Å². The van der Waals surface area contributed by atoms with Crippen LogP contribution in [0.3, 0.4) is 0 Å². The zero-order chi connectivity index (χ0) is 15.4. The van der Waals surface area contributed by atoms with E-state index < -0.39 is 0 Å². The highest BCUT2D eigenvalue weighted by atomic mass is 16.5. The maximum absolute atomic E-state index is 12.4. The monoisotopic (exact) mass is 296 g/mol. The summed E-state index contributed by atoms with van der Waals surface area (Å²) in [5, 5.41) is 6.29. The first-order valence-corrected chi connectivity index (χ1v) is 7.47. The lowest BCUT2D eigenvalue weighted by atomic mass is 9.95. The van der Waals surface area contributed by atoms with E-state index in [-0.39, 0.29) is 11.9 Å². The fourth-order valence-corrected chi connectivity index (χ4v) is 2.79. The third-order valence-electron chi connectivity index (χ3n) is 4.04. The number of carbonyl (C=O) groups is 1. The Kier molecular flexibility index (Phi) is 4.39. The van der Waals surface area contributed by atoms with Gasteiger partial charge in [0.2, 0.25) is 5.91 Å². The molecule has 2 N–H and O–H groups in total. The van der Waals surface area contributed by atoms with Gasteiger partial charge in [0.1, 0.15) is 5.75 Å². The molecule has 0 spiro atoms. The second kappa shape index (κ2) is 6.62. The highest BCUT2D eigenvalue weighted by Gasteiger charge is 2.23. The minimum absolute atomic E-state index is 0.0282. The van der Waals surface area contributed by atoms with Crippen molar-refractivity contribution in [2.45, 2.75) is 25.6 Å². The fraction of sp³-hybridized carbons (Fsp3) is 0.278. The minimum atomic E-state index is -0.176. The van der Waals surface area contributed by atoms with E-state index in [2.05, 4.69) is 22.8 Å². The van der Waals surface area contributed by atoms with Gasteiger partial charge in [-0.15, -0.1) is 0 Å². The van der Waals surface area contributed by atoms with Gasteiger partial charge in [-0.05, 0) is 23.6 Å². The van der Waals surface area contributed by atoms with Gasteiger partial charge in [0.25, 0.3) is 0 Å². The quantitative estimate of drug-likeness (QED) is 0.907. The average Bonchev–Trinajstić information content (AvgIpc) is 2.59. The second-order valence-electron chi connectivity index (χ2n) is 5.44. The van der Waals surface area contributed by atoms with Gasteiger partial charge in [-0.2, -0.15) is 0 Å². The highest BCUT2D eigenvalue weighted by Crippen LogP contribution is 2.18. The van der Waals surface area contributed by atoms with Gasteiger partial charge in [-0.25, -0.2) is 0 Å². The number of ether oxygens (including phenoxy) is 1. The molecule has 1 amide bonds. The molecule has 0 unspecified atom stereocenters. The van der Waals surface area contributed by atoms with Gasteiger partial charge in [0.15, 0.2) is 0 Å². The third-order valence-corrected chi connectivity index (χ3v) is 4.04. The zero-order valence-corrected chi connectivity index (χ0v) is 12.6. The number of carbonyl (C=O) groups excluding carboxylic acids is 1. The van der Waals surface area contributed by atoms with Gasteiger partial charge >= 0.3 is 0 Å². The van der Waals surface area contributed by atoms with E-state index in [4.69, 9.17) is 4.74 Å². The van der Waals surface area contributed by atoms with Crippen LogP contribution in [0.4, 0.5) is 0 Å². The van der Waals surface area contributed by atoms with Gasteiger partial charge in [-0.3, -0.25) is 4.79 Å². The van der Waals surface area contributed by atoms with Crippen molar-refractivity contribution in [1.82, 2.24) is 10.6 Å². The van der Waals surface area contributed by atoms with Gasteiger partial charge in [0.05, 0.1) is 13.2 Å². The number of rotatable bonds is 4. The summed E-state index contributed by atoms with van der Waals surface area (Å²) in [5.74, 6) is 0.824. The molecule has 1 aliphatic rings. The summed E-state index contributed by atoms with van der Waals surface area (Å²) < 4.78 is 5.30. The molecule has 0 fully saturated rings. The Balaban J connectivity index is 1.61. The number of nitrogens with one attached hydrogen (secondary N) is 2. The Morgan fingerprint density at radius 3 is 2.73 bits per heavy atom. The molecule has 1 heterocycles. The van der Waals surface area contributed by atoms with Crippen LogP contribution in [0.5, 0.6) is 5.75 Å². The Morgan fingerprint density at radius 2 is 1.91 bits per heavy atom. The van der Waals surface area contributed by atoms with Crippen LogP contribution in [-0.2, 0) is 24.3 Å². The first-order valence-electron chi connectivity index (χ1n) is 7.47. The fourth-order valence-electron chi connectivity index (χ4n) is 2.79. The number of hydrogen-bond acceptors (Lipinski definition) is 3. The molecule has 3 rings (SSSR count). The smallest absolute Gasteiger partial charge is 0.237 e. The second-order valence-corrected chi connectivity index (χ2v) is 5.44. The summed E-state index contributed by atoms with van der Waals surface area (Å²) >= 11 is 0. The maximum Gasteiger partial charge on any atom is 0.237 e. The maximum atomic E-state index is 12.4. The number of methoxy groups -OCH3 is 1. The SMILES string of the molecule is COc1ccccc1CNC(=O)[C@@H]1Cc2ccccc2CN1. The number of fused-ring (bicyclic) bond motifs is 1. The van der Waals surface area contributed by atoms with E-state index >= 15 is 0 Å². The summed E-state index contributed by atoms with van der Waals surface area (Å²) in [6.07, 6.45) is 0.730. The summed E-state index contributed by atoms with van der Waals surface area (Å²) in [5.41, 5.74) is 3.50. The molecule has 0 saturated heterocycles. The van der Waals surface area contributed by atoms with E-state index in [0.717, 1.165) is 24.3 Å². The molecule has 0 aromatic heterocycles. The molecule has 0 saturated carbocycles. The highest BCUT2D eigenvalue weighted by molar-refractivity contribution is 5.82.